The van der Waals surface area contributed by atoms with Crippen molar-refractivity contribution in [3.63, 3.8) is 0 Å². The summed E-state index contributed by atoms with van der Waals surface area (Å²) in [5.41, 5.74) is 2.19. The number of carbonyl (C=O) groups is 2. The molecular formula is C23H25BrN3O3+. The third kappa shape index (κ3) is 5.58. The first-order valence-electron chi connectivity index (χ1n) is 9.77. The number of hydrogen-bond donors (Lipinski definition) is 4. The zero-order valence-electron chi connectivity index (χ0n) is 17.0. The number of likely N-dealkylation sites (N-methyl/N-ethyl adjacent to an activating group) is 1. The molecule has 1 atom stereocenters. The maximum atomic E-state index is 12.6. The summed E-state index contributed by atoms with van der Waals surface area (Å²) in [6.07, 6.45) is 0. The quantitative estimate of drug-likeness (QED) is 0.427. The number of quaternary nitrogens is 1. The van der Waals surface area contributed by atoms with Gasteiger partial charge in [0.05, 0.1) is 12.1 Å². The molecule has 0 fully saturated rings. The van der Waals surface area contributed by atoms with Crippen LogP contribution in [0.5, 0.6) is 5.75 Å². The average Bonchev–Trinajstić information content (AvgIpc) is 2.70. The summed E-state index contributed by atoms with van der Waals surface area (Å²) in [6, 6.07) is 16.5. The Morgan fingerprint density at radius 1 is 1.00 bits per heavy atom. The molecule has 3 aromatic rings. The number of halogens is 1. The van der Waals surface area contributed by atoms with Gasteiger partial charge in [-0.25, -0.2) is 0 Å². The van der Waals surface area contributed by atoms with Crippen LogP contribution in [0.15, 0.2) is 59.1 Å². The van der Waals surface area contributed by atoms with E-state index in [0.717, 1.165) is 32.3 Å². The van der Waals surface area contributed by atoms with Crippen LogP contribution in [-0.4, -0.2) is 30.0 Å². The summed E-state index contributed by atoms with van der Waals surface area (Å²) in [4.78, 5) is 24.7. The predicted octanol–water partition coefficient (Wildman–Crippen LogP) is 3.31. The van der Waals surface area contributed by atoms with Gasteiger partial charge in [-0.2, -0.15) is 0 Å². The third-order valence-electron chi connectivity index (χ3n) is 4.90. The molecule has 1 unspecified atom stereocenters. The van der Waals surface area contributed by atoms with Crippen LogP contribution in [0.1, 0.15) is 19.4 Å². The second kappa shape index (κ2) is 9.73. The van der Waals surface area contributed by atoms with Gasteiger partial charge in [-0.1, -0.05) is 28.1 Å². The molecule has 30 heavy (non-hydrogen) atoms. The average molecular weight is 471 g/mol. The zero-order valence-corrected chi connectivity index (χ0v) is 18.5. The molecule has 0 aliphatic heterocycles. The number of nitrogens with one attached hydrogen (secondary N) is 3. The lowest BCUT2D eigenvalue weighted by molar-refractivity contribution is -0.903. The summed E-state index contributed by atoms with van der Waals surface area (Å²) >= 11 is 3.48. The molecule has 0 aliphatic carbocycles. The van der Waals surface area contributed by atoms with Gasteiger partial charge < -0.3 is 20.6 Å². The van der Waals surface area contributed by atoms with E-state index < -0.39 is 0 Å². The van der Waals surface area contributed by atoms with Gasteiger partial charge >= 0.3 is 0 Å². The van der Waals surface area contributed by atoms with Crippen molar-refractivity contribution in [3.05, 3.63) is 64.6 Å². The monoisotopic (exact) mass is 470 g/mol. The lowest BCUT2D eigenvalue weighted by Crippen LogP contribution is -3.11. The molecule has 6 nitrogen and oxygen atoms in total. The van der Waals surface area contributed by atoms with Gasteiger partial charge in [0, 0.05) is 22.8 Å². The Kier molecular flexibility index (Phi) is 7.07. The summed E-state index contributed by atoms with van der Waals surface area (Å²) in [5.74, 6) is -0.00985. The van der Waals surface area contributed by atoms with Crippen molar-refractivity contribution in [2.24, 2.45) is 0 Å². The number of fused-ring (bicyclic) bond motifs is 1. The summed E-state index contributed by atoms with van der Waals surface area (Å²) in [5, 5.41) is 18.0. The van der Waals surface area contributed by atoms with Crippen LogP contribution in [0.25, 0.3) is 10.8 Å². The van der Waals surface area contributed by atoms with Crippen molar-refractivity contribution in [2.75, 3.05) is 23.7 Å². The summed E-state index contributed by atoms with van der Waals surface area (Å²) in [6.45, 7) is 5.02. The second-order valence-corrected chi connectivity index (χ2v) is 8.11. The predicted molar refractivity (Wildman–Crippen MR) is 123 cm³/mol. The van der Waals surface area contributed by atoms with Crippen molar-refractivity contribution in [1.82, 2.24) is 0 Å². The highest BCUT2D eigenvalue weighted by Crippen LogP contribution is 2.28. The second-order valence-electron chi connectivity index (χ2n) is 7.19. The number of aromatic hydroxyl groups is 1. The Balaban J connectivity index is 1.68. The molecule has 0 radical (unpaired) electrons. The molecule has 0 saturated carbocycles. The molecule has 0 aliphatic rings. The van der Waals surface area contributed by atoms with Gasteiger partial charge in [0.2, 0.25) is 5.91 Å². The Labute approximate surface area is 184 Å². The van der Waals surface area contributed by atoms with Gasteiger partial charge in [-0.05, 0) is 60.2 Å². The largest absolute Gasteiger partial charge is 0.507 e. The standard InChI is InChI=1S/C23H24BrN3O3/c1-3-27(13-21-20-10-5-17(24)12-16(20)4-11-22(21)29)14-23(30)26-19-8-6-18(7-9-19)25-15(2)28/h4-12,29H,3,13-14H2,1-2H3,(H,25,28)(H,26,30)/p+1. The first-order valence-corrected chi connectivity index (χ1v) is 10.6. The topological polar surface area (TPSA) is 82.9 Å². The SMILES string of the molecule is CC[NH+](CC(=O)Nc1ccc(NC(C)=O)cc1)Cc1c(O)ccc2cc(Br)ccc12. The van der Waals surface area contributed by atoms with Crippen molar-refractivity contribution in [3.8, 4) is 5.75 Å². The third-order valence-corrected chi connectivity index (χ3v) is 5.39. The zero-order chi connectivity index (χ0) is 21.7. The summed E-state index contributed by atoms with van der Waals surface area (Å²) in [7, 11) is 0. The highest BCUT2D eigenvalue weighted by molar-refractivity contribution is 9.10. The smallest absolute Gasteiger partial charge is 0.279 e. The van der Waals surface area contributed by atoms with Crippen LogP contribution in [0.3, 0.4) is 0 Å². The van der Waals surface area contributed by atoms with Crippen molar-refractivity contribution in [1.29, 1.82) is 0 Å². The molecule has 2 amide bonds. The molecule has 0 heterocycles. The molecule has 0 aromatic heterocycles. The number of amides is 2. The number of benzene rings is 3. The van der Waals surface area contributed by atoms with Crippen LogP contribution >= 0.6 is 15.9 Å². The number of anilines is 2. The van der Waals surface area contributed by atoms with E-state index in [2.05, 4.69) is 26.6 Å². The van der Waals surface area contributed by atoms with E-state index in [0.29, 0.717) is 17.9 Å². The van der Waals surface area contributed by atoms with E-state index >= 15 is 0 Å². The van der Waals surface area contributed by atoms with E-state index in [1.54, 1.807) is 30.3 Å². The Morgan fingerprint density at radius 3 is 2.30 bits per heavy atom. The number of rotatable bonds is 7. The molecule has 0 spiro atoms. The normalized spacial score (nSPS) is 11.8. The molecule has 7 heteroatoms. The number of carbonyl (C=O) groups excluding carboxylic acids is 2. The molecular weight excluding hydrogens is 446 g/mol. The lowest BCUT2D eigenvalue weighted by Gasteiger charge is -2.19. The van der Waals surface area contributed by atoms with Crippen LogP contribution in [0.2, 0.25) is 0 Å². The van der Waals surface area contributed by atoms with Crippen molar-refractivity contribution >= 4 is 49.9 Å². The van der Waals surface area contributed by atoms with E-state index in [9.17, 15) is 14.7 Å². The molecule has 0 bridgehead atoms. The Morgan fingerprint density at radius 2 is 1.67 bits per heavy atom. The first-order chi connectivity index (χ1) is 14.4. The maximum Gasteiger partial charge on any atom is 0.279 e. The number of hydrogen-bond acceptors (Lipinski definition) is 3. The minimum absolute atomic E-state index is 0.110. The highest BCUT2D eigenvalue weighted by Gasteiger charge is 2.17. The molecule has 156 valence electrons. The van der Waals surface area contributed by atoms with E-state index in [1.807, 2.05) is 31.2 Å². The van der Waals surface area contributed by atoms with Gasteiger partial charge in [0.1, 0.15) is 12.3 Å². The molecule has 3 rings (SSSR count). The van der Waals surface area contributed by atoms with Gasteiger partial charge in [-0.3, -0.25) is 9.59 Å². The van der Waals surface area contributed by atoms with Crippen LogP contribution in [0.4, 0.5) is 11.4 Å². The maximum absolute atomic E-state index is 12.6. The Bertz CT molecular complexity index is 1070. The minimum Gasteiger partial charge on any atom is -0.507 e. The van der Waals surface area contributed by atoms with Gasteiger partial charge in [0.15, 0.2) is 6.54 Å². The number of phenolic OH excluding ortho intramolecular Hbond substituents is 1. The Hall–Kier alpha value is -2.90. The fraction of sp³-hybridized carbons (Fsp3) is 0.217. The molecule has 4 N–H and O–H groups in total. The van der Waals surface area contributed by atoms with Gasteiger partial charge in [-0.15, -0.1) is 0 Å². The molecule has 0 saturated heterocycles. The van der Waals surface area contributed by atoms with E-state index in [1.165, 1.54) is 6.92 Å². The number of phenols is 1. The van der Waals surface area contributed by atoms with E-state index in [4.69, 9.17) is 0 Å². The van der Waals surface area contributed by atoms with Crippen molar-refractivity contribution in [2.45, 2.75) is 20.4 Å². The first kappa shape index (κ1) is 21.8. The lowest BCUT2D eigenvalue weighted by atomic mass is 10.0. The van der Waals surface area contributed by atoms with Crippen molar-refractivity contribution < 1.29 is 19.6 Å². The molecule has 3 aromatic carbocycles. The highest BCUT2D eigenvalue weighted by atomic mass is 79.9. The van der Waals surface area contributed by atoms with Crippen LogP contribution in [-0.2, 0) is 16.1 Å². The summed E-state index contributed by atoms with van der Waals surface area (Å²) < 4.78 is 0.982. The van der Waals surface area contributed by atoms with E-state index in [-0.39, 0.29) is 24.1 Å². The van der Waals surface area contributed by atoms with Crippen LogP contribution < -0.4 is 15.5 Å². The fourth-order valence-electron chi connectivity index (χ4n) is 3.37. The van der Waals surface area contributed by atoms with Crippen LogP contribution in [0, 0.1) is 0 Å². The fourth-order valence-corrected chi connectivity index (χ4v) is 3.75. The minimum atomic E-state index is -0.141. The van der Waals surface area contributed by atoms with Gasteiger partial charge in [0.25, 0.3) is 5.91 Å².